The van der Waals surface area contributed by atoms with Crippen molar-refractivity contribution in [1.82, 2.24) is 0 Å². The molecule has 0 radical (unpaired) electrons. The molecule has 0 bridgehead atoms. The van der Waals surface area contributed by atoms with E-state index in [1.807, 2.05) is 6.08 Å². The topological polar surface area (TPSA) is 9.23 Å². The van der Waals surface area contributed by atoms with E-state index >= 15 is 0 Å². The van der Waals surface area contributed by atoms with Crippen LogP contribution in [0.5, 0.6) is 0 Å². The quantitative estimate of drug-likeness (QED) is 0.528. The van der Waals surface area contributed by atoms with Crippen LogP contribution in [0, 0.1) is 5.41 Å². The molecule has 1 unspecified atom stereocenters. The first-order valence-corrected chi connectivity index (χ1v) is 4.29. The van der Waals surface area contributed by atoms with Crippen LogP contribution in [-0.4, -0.2) is 12.2 Å². The first kappa shape index (κ1) is 8.79. The van der Waals surface area contributed by atoms with E-state index < -0.39 is 0 Å². The van der Waals surface area contributed by atoms with Gasteiger partial charge in [0.05, 0.1) is 5.60 Å². The second-order valence-electron chi connectivity index (χ2n) is 4.08. The molecule has 0 saturated carbocycles. The van der Waals surface area contributed by atoms with E-state index in [-0.39, 0.29) is 11.0 Å². The minimum Gasteiger partial charge on any atom is -0.375 e. The van der Waals surface area contributed by atoms with Gasteiger partial charge in [0.2, 0.25) is 0 Å². The van der Waals surface area contributed by atoms with Gasteiger partial charge in [-0.05, 0) is 26.7 Å². The van der Waals surface area contributed by atoms with Gasteiger partial charge in [0.15, 0.2) is 0 Å². The summed E-state index contributed by atoms with van der Waals surface area (Å²) in [5, 5.41) is 0. The van der Waals surface area contributed by atoms with Crippen molar-refractivity contribution in [2.24, 2.45) is 5.41 Å². The molecule has 1 aliphatic heterocycles. The lowest BCUT2D eigenvalue weighted by molar-refractivity contribution is -0.120. The van der Waals surface area contributed by atoms with Gasteiger partial charge in [0.25, 0.3) is 0 Å². The van der Waals surface area contributed by atoms with E-state index in [2.05, 4.69) is 27.4 Å². The Bertz CT molecular complexity index is 160. The van der Waals surface area contributed by atoms with Gasteiger partial charge >= 0.3 is 0 Å². The van der Waals surface area contributed by atoms with E-state index in [1.54, 1.807) is 0 Å². The van der Waals surface area contributed by atoms with Crippen LogP contribution in [0.3, 0.4) is 0 Å². The van der Waals surface area contributed by atoms with E-state index in [0.29, 0.717) is 0 Å². The lowest BCUT2D eigenvalue weighted by Gasteiger charge is -2.45. The standard InChI is InChI=1S/C10H18O/c1-5-10(4)7-6-8-11-9(10,2)3/h5H,1,6-8H2,2-4H3. The van der Waals surface area contributed by atoms with Crippen LogP contribution in [0.25, 0.3) is 0 Å². The predicted octanol–water partition coefficient (Wildman–Crippen LogP) is 2.77. The molecular weight excluding hydrogens is 136 g/mol. The third-order valence-corrected chi connectivity index (χ3v) is 3.13. The molecule has 1 saturated heterocycles. The molecule has 0 amide bonds. The smallest absolute Gasteiger partial charge is 0.0713 e. The summed E-state index contributed by atoms with van der Waals surface area (Å²) in [6.07, 6.45) is 4.39. The van der Waals surface area contributed by atoms with Gasteiger partial charge in [-0.2, -0.15) is 0 Å². The Balaban J connectivity index is 2.82. The van der Waals surface area contributed by atoms with Crippen LogP contribution >= 0.6 is 0 Å². The fourth-order valence-electron chi connectivity index (χ4n) is 1.58. The summed E-state index contributed by atoms with van der Waals surface area (Å²) in [7, 11) is 0. The van der Waals surface area contributed by atoms with Crippen molar-refractivity contribution in [3.05, 3.63) is 12.7 Å². The average molecular weight is 154 g/mol. The highest BCUT2D eigenvalue weighted by molar-refractivity contribution is 5.04. The number of rotatable bonds is 1. The van der Waals surface area contributed by atoms with Gasteiger partial charge in [0.1, 0.15) is 0 Å². The Morgan fingerprint density at radius 2 is 2.00 bits per heavy atom. The molecule has 0 aromatic carbocycles. The summed E-state index contributed by atoms with van der Waals surface area (Å²) in [5.74, 6) is 0. The Hall–Kier alpha value is -0.300. The highest BCUT2D eigenvalue weighted by Gasteiger charge is 2.41. The molecule has 1 rings (SSSR count). The van der Waals surface area contributed by atoms with Gasteiger partial charge in [-0.3, -0.25) is 0 Å². The second kappa shape index (κ2) is 2.63. The molecule has 1 atom stereocenters. The van der Waals surface area contributed by atoms with Crippen LogP contribution in [0.4, 0.5) is 0 Å². The fraction of sp³-hybridized carbons (Fsp3) is 0.800. The molecule has 1 heteroatoms. The van der Waals surface area contributed by atoms with Gasteiger partial charge in [0, 0.05) is 12.0 Å². The number of hydrogen-bond acceptors (Lipinski definition) is 1. The molecule has 1 heterocycles. The van der Waals surface area contributed by atoms with E-state index in [0.717, 1.165) is 13.0 Å². The lowest BCUT2D eigenvalue weighted by Crippen LogP contribution is -2.45. The van der Waals surface area contributed by atoms with Gasteiger partial charge in [-0.15, -0.1) is 6.58 Å². The van der Waals surface area contributed by atoms with Crippen molar-refractivity contribution in [3.63, 3.8) is 0 Å². The molecule has 0 N–H and O–H groups in total. The highest BCUT2D eigenvalue weighted by Crippen LogP contribution is 2.42. The maximum absolute atomic E-state index is 5.70. The second-order valence-corrected chi connectivity index (χ2v) is 4.08. The summed E-state index contributed by atoms with van der Waals surface area (Å²) in [6.45, 7) is 11.3. The van der Waals surface area contributed by atoms with Crippen LogP contribution in [-0.2, 0) is 4.74 Å². The zero-order valence-electron chi connectivity index (χ0n) is 7.81. The van der Waals surface area contributed by atoms with Gasteiger partial charge in [-0.25, -0.2) is 0 Å². The number of ether oxygens (including phenoxy) is 1. The summed E-state index contributed by atoms with van der Waals surface area (Å²) in [6, 6.07) is 0. The van der Waals surface area contributed by atoms with Crippen LogP contribution in [0.2, 0.25) is 0 Å². The molecule has 11 heavy (non-hydrogen) atoms. The van der Waals surface area contributed by atoms with Crippen molar-refractivity contribution < 1.29 is 4.74 Å². The third kappa shape index (κ3) is 1.34. The SMILES string of the molecule is C=CC1(C)CCCOC1(C)C. The minimum absolute atomic E-state index is 0.0347. The highest BCUT2D eigenvalue weighted by atomic mass is 16.5. The van der Waals surface area contributed by atoms with Crippen molar-refractivity contribution in [1.29, 1.82) is 0 Å². The molecule has 64 valence electrons. The monoisotopic (exact) mass is 154 g/mol. The van der Waals surface area contributed by atoms with Crippen molar-refractivity contribution in [2.75, 3.05) is 6.61 Å². The Labute approximate surface area is 69.4 Å². The molecule has 0 spiro atoms. The maximum Gasteiger partial charge on any atom is 0.0713 e. The van der Waals surface area contributed by atoms with Crippen molar-refractivity contribution in [2.45, 2.75) is 39.2 Å². The number of hydrogen-bond donors (Lipinski definition) is 0. The zero-order valence-corrected chi connectivity index (χ0v) is 7.81. The van der Waals surface area contributed by atoms with Crippen molar-refractivity contribution in [3.8, 4) is 0 Å². The largest absolute Gasteiger partial charge is 0.375 e. The van der Waals surface area contributed by atoms with E-state index in [9.17, 15) is 0 Å². The fourth-order valence-corrected chi connectivity index (χ4v) is 1.58. The molecular formula is C10H18O. The summed E-state index contributed by atoms with van der Waals surface area (Å²) in [5.41, 5.74) is 0.123. The molecule has 1 aliphatic rings. The van der Waals surface area contributed by atoms with Gasteiger partial charge in [-0.1, -0.05) is 13.0 Å². The molecule has 1 nitrogen and oxygen atoms in total. The van der Waals surface area contributed by atoms with Crippen LogP contribution in [0.1, 0.15) is 33.6 Å². The summed E-state index contributed by atoms with van der Waals surface area (Å²) in [4.78, 5) is 0. The molecule has 0 aliphatic carbocycles. The molecule has 0 aromatic heterocycles. The Morgan fingerprint density at radius 3 is 2.36 bits per heavy atom. The third-order valence-electron chi connectivity index (χ3n) is 3.13. The first-order chi connectivity index (χ1) is 5.02. The van der Waals surface area contributed by atoms with Crippen LogP contribution < -0.4 is 0 Å². The van der Waals surface area contributed by atoms with Gasteiger partial charge < -0.3 is 4.74 Å². The lowest BCUT2D eigenvalue weighted by atomic mass is 9.71. The maximum atomic E-state index is 5.70. The first-order valence-electron chi connectivity index (χ1n) is 4.29. The predicted molar refractivity (Wildman–Crippen MR) is 47.6 cm³/mol. The van der Waals surface area contributed by atoms with E-state index in [1.165, 1.54) is 6.42 Å². The Morgan fingerprint density at radius 1 is 1.36 bits per heavy atom. The zero-order chi connectivity index (χ0) is 8.54. The van der Waals surface area contributed by atoms with Crippen molar-refractivity contribution >= 4 is 0 Å². The molecule has 1 fully saturated rings. The Kier molecular flexibility index (Phi) is 2.10. The van der Waals surface area contributed by atoms with E-state index in [4.69, 9.17) is 4.74 Å². The minimum atomic E-state index is -0.0347. The average Bonchev–Trinajstić information content (AvgIpc) is 1.95. The van der Waals surface area contributed by atoms with Crippen LogP contribution in [0.15, 0.2) is 12.7 Å². The normalized spacial score (nSPS) is 36.6. The summed E-state index contributed by atoms with van der Waals surface area (Å²) < 4.78 is 5.70. The molecule has 0 aromatic rings. The summed E-state index contributed by atoms with van der Waals surface area (Å²) >= 11 is 0.